The summed E-state index contributed by atoms with van der Waals surface area (Å²) in [5, 5.41) is 21.2. The third kappa shape index (κ3) is 4.44. The lowest BCUT2D eigenvalue weighted by Gasteiger charge is -2.26. The quantitative estimate of drug-likeness (QED) is 0.783. The summed E-state index contributed by atoms with van der Waals surface area (Å²) in [4.78, 5) is 1.67. The molecular weight excluding hydrogens is 267 g/mol. The van der Waals surface area contributed by atoms with Gasteiger partial charge in [0, 0.05) is 11.7 Å². The molecule has 0 amide bonds. The van der Waals surface area contributed by atoms with Crippen molar-refractivity contribution in [3.8, 4) is 12.1 Å². The van der Waals surface area contributed by atoms with Gasteiger partial charge in [-0.15, -0.1) is 0 Å². The lowest BCUT2D eigenvalue weighted by Crippen LogP contribution is -2.28. The molecule has 0 saturated heterocycles. The zero-order chi connectivity index (χ0) is 15.8. The number of hydrogen-bond donors (Lipinski definition) is 1. The van der Waals surface area contributed by atoms with Gasteiger partial charge < -0.3 is 10.2 Å². The minimum absolute atomic E-state index is 0.0464. The molecule has 0 saturated carbocycles. The predicted octanol–water partition coefficient (Wildman–Crippen LogP) is 3.05. The third-order valence-corrected chi connectivity index (χ3v) is 3.34. The Hall–Kier alpha value is -2.11. The maximum atomic E-state index is 13.9. The second-order valence-corrected chi connectivity index (χ2v) is 5.01. The number of benzene rings is 1. The summed E-state index contributed by atoms with van der Waals surface area (Å²) in [5.41, 5.74) is 2.03. The molecule has 0 aromatic heterocycles. The Kier molecular flexibility index (Phi) is 6.65. The van der Waals surface area contributed by atoms with Gasteiger partial charge in [0.2, 0.25) is 0 Å². The fourth-order valence-corrected chi connectivity index (χ4v) is 2.17. The minimum Gasteiger partial charge on any atom is -0.345 e. The van der Waals surface area contributed by atoms with E-state index in [2.05, 4.69) is 24.4 Å². The molecule has 0 aliphatic heterocycles. The normalized spacial score (nSPS) is 11.5. The number of rotatable bonds is 7. The average Bonchev–Trinajstić information content (AvgIpc) is 2.47. The van der Waals surface area contributed by atoms with Crippen LogP contribution in [-0.2, 0) is 0 Å². The van der Waals surface area contributed by atoms with Crippen LogP contribution in [-0.4, -0.2) is 19.6 Å². The monoisotopic (exact) mass is 288 g/mol. The van der Waals surface area contributed by atoms with Crippen LogP contribution in [0.4, 0.5) is 10.1 Å². The Bertz CT molecular complexity index is 541. The maximum Gasteiger partial charge on any atom is 0.126 e. The summed E-state index contributed by atoms with van der Waals surface area (Å²) >= 11 is 0. The fourth-order valence-electron chi connectivity index (χ4n) is 2.17. The molecule has 1 aromatic rings. The number of nitriles is 2. The summed E-state index contributed by atoms with van der Waals surface area (Å²) in [5.74, 6) is -0.271. The van der Waals surface area contributed by atoms with Crippen LogP contribution >= 0.6 is 0 Å². The Morgan fingerprint density at radius 1 is 1.29 bits per heavy atom. The standard InChI is InChI=1S/C16H21FN4/c1-4-7-20-13(3)14-11-15(17)12(2)10-16(14)21(8-5-18)9-6-19/h10-11,13,20H,4,7-9H2,1-3H3. The SMILES string of the molecule is CCCNC(C)c1cc(F)c(C)cc1N(CC#N)CC#N. The van der Waals surface area contributed by atoms with Crippen molar-refractivity contribution < 1.29 is 4.39 Å². The van der Waals surface area contributed by atoms with E-state index in [4.69, 9.17) is 10.5 Å². The van der Waals surface area contributed by atoms with E-state index in [1.165, 1.54) is 6.07 Å². The largest absolute Gasteiger partial charge is 0.345 e. The summed E-state index contributed by atoms with van der Waals surface area (Å²) in [6, 6.07) is 7.28. The third-order valence-electron chi connectivity index (χ3n) is 3.34. The highest BCUT2D eigenvalue weighted by Crippen LogP contribution is 2.29. The van der Waals surface area contributed by atoms with Crippen molar-refractivity contribution in [1.82, 2.24) is 5.32 Å². The number of hydrogen-bond acceptors (Lipinski definition) is 4. The Balaban J connectivity index is 3.24. The average molecular weight is 288 g/mol. The lowest BCUT2D eigenvalue weighted by molar-refractivity contribution is 0.560. The highest BCUT2D eigenvalue weighted by molar-refractivity contribution is 5.58. The predicted molar refractivity (Wildman–Crippen MR) is 81.3 cm³/mol. The van der Waals surface area contributed by atoms with Crippen LogP contribution in [0.15, 0.2) is 12.1 Å². The molecule has 1 atom stereocenters. The van der Waals surface area contributed by atoms with Gasteiger partial charge in [0.1, 0.15) is 18.9 Å². The van der Waals surface area contributed by atoms with Gasteiger partial charge >= 0.3 is 0 Å². The van der Waals surface area contributed by atoms with Gasteiger partial charge in [-0.2, -0.15) is 10.5 Å². The fraction of sp³-hybridized carbons (Fsp3) is 0.500. The molecule has 4 nitrogen and oxygen atoms in total. The molecule has 1 unspecified atom stereocenters. The minimum atomic E-state index is -0.271. The first-order valence-electron chi connectivity index (χ1n) is 7.07. The van der Waals surface area contributed by atoms with Crippen molar-refractivity contribution >= 4 is 5.69 Å². The van der Waals surface area contributed by atoms with Crippen LogP contribution in [0.5, 0.6) is 0 Å². The van der Waals surface area contributed by atoms with E-state index < -0.39 is 0 Å². The second kappa shape index (κ2) is 8.24. The summed E-state index contributed by atoms with van der Waals surface area (Å²) in [7, 11) is 0. The Morgan fingerprint density at radius 2 is 1.90 bits per heavy atom. The number of nitrogens with one attached hydrogen (secondary N) is 1. The van der Waals surface area contributed by atoms with E-state index in [1.54, 1.807) is 17.9 Å². The van der Waals surface area contributed by atoms with Gasteiger partial charge in [-0.05, 0) is 50.1 Å². The van der Waals surface area contributed by atoms with Crippen LogP contribution in [0.3, 0.4) is 0 Å². The van der Waals surface area contributed by atoms with Gasteiger partial charge in [0.05, 0.1) is 12.1 Å². The van der Waals surface area contributed by atoms with Crippen molar-refractivity contribution in [2.75, 3.05) is 24.5 Å². The molecule has 21 heavy (non-hydrogen) atoms. The van der Waals surface area contributed by atoms with Crippen LogP contribution in [0.2, 0.25) is 0 Å². The number of anilines is 1. The van der Waals surface area contributed by atoms with Gasteiger partial charge in [-0.1, -0.05) is 6.92 Å². The maximum absolute atomic E-state index is 13.9. The first-order chi connectivity index (χ1) is 10.0. The molecule has 0 radical (unpaired) electrons. The molecule has 0 spiro atoms. The van der Waals surface area contributed by atoms with Crippen LogP contribution < -0.4 is 10.2 Å². The van der Waals surface area contributed by atoms with Gasteiger partial charge in [0.25, 0.3) is 0 Å². The Morgan fingerprint density at radius 3 is 2.43 bits per heavy atom. The number of aryl methyl sites for hydroxylation is 1. The smallest absolute Gasteiger partial charge is 0.126 e. The summed E-state index contributed by atoms with van der Waals surface area (Å²) < 4.78 is 13.9. The molecule has 1 aromatic carbocycles. The van der Waals surface area contributed by atoms with Crippen molar-refractivity contribution in [2.45, 2.75) is 33.2 Å². The van der Waals surface area contributed by atoms with Gasteiger partial charge in [-0.3, -0.25) is 0 Å². The zero-order valence-electron chi connectivity index (χ0n) is 12.8. The van der Waals surface area contributed by atoms with E-state index in [1.807, 2.05) is 6.92 Å². The van der Waals surface area contributed by atoms with Gasteiger partial charge in [-0.25, -0.2) is 4.39 Å². The highest BCUT2D eigenvalue weighted by Gasteiger charge is 2.18. The first kappa shape index (κ1) is 16.9. The van der Waals surface area contributed by atoms with Crippen LogP contribution in [0.1, 0.15) is 37.4 Å². The van der Waals surface area contributed by atoms with Crippen molar-refractivity contribution in [3.63, 3.8) is 0 Å². The van der Waals surface area contributed by atoms with Crippen molar-refractivity contribution in [1.29, 1.82) is 10.5 Å². The number of halogens is 1. The van der Waals surface area contributed by atoms with Crippen LogP contribution in [0, 0.1) is 35.4 Å². The molecule has 0 fully saturated rings. The van der Waals surface area contributed by atoms with Gasteiger partial charge in [0.15, 0.2) is 0 Å². The molecule has 1 N–H and O–H groups in total. The zero-order valence-corrected chi connectivity index (χ0v) is 12.8. The molecule has 0 aliphatic carbocycles. The molecule has 1 rings (SSSR count). The van der Waals surface area contributed by atoms with E-state index in [0.717, 1.165) is 24.2 Å². The first-order valence-corrected chi connectivity index (χ1v) is 7.07. The molecule has 112 valence electrons. The number of nitrogens with zero attached hydrogens (tertiary/aromatic N) is 3. The van der Waals surface area contributed by atoms with Crippen molar-refractivity contribution in [2.24, 2.45) is 0 Å². The topological polar surface area (TPSA) is 62.9 Å². The summed E-state index contributed by atoms with van der Waals surface area (Å²) in [6.07, 6.45) is 0.980. The van der Waals surface area contributed by atoms with E-state index in [0.29, 0.717) is 5.56 Å². The van der Waals surface area contributed by atoms with E-state index >= 15 is 0 Å². The van der Waals surface area contributed by atoms with Crippen LogP contribution in [0.25, 0.3) is 0 Å². The van der Waals surface area contributed by atoms with E-state index in [-0.39, 0.29) is 24.9 Å². The highest BCUT2D eigenvalue weighted by atomic mass is 19.1. The molecule has 5 heteroatoms. The second-order valence-electron chi connectivity index (χ2n) is 5.01. The van der Waals surface area contributed by atoms with Crippen molar-refractivity contribution in [3.05, 3.63) is 29.1 Å². The summed E-state index contributed by atoms with van der Waals surface area (Å²) in [6.45, 7) is 6.74. The molecular formula is C16H21FN4. The lowest BCUT2D eigenvalue weighted by atomic mass is 10.0. The molecule has 0 bridgehead atoms. The molecule has 0 aliphatic rings. The Labute approximate surface area is 125 Å². The molecule has 0 heterocycles. The van der Waals surface area contributed by atoms with E-state index in [9.17, 15) is 4.39 Å².